The number of ether oxygens (including phenoxy) is 1. The van der Waals surface area contributed by atoms with Crippen molar-refractivity contribution in [3.8, 4) is 11.5 Å². The number of nitrogens with zero attached hydrogens (tertiary/aromatic N) is 4. The third kappa shape index (κ3) is 6.81. The molecule has 4 aromatic rings. The molecule has 0 amide bonds. The number of phenolic OH excluding ortho intramolecular Hbond substituents is 1. The molecule has 0 aliphatic rings. The van der Waals surface area contributed by atoms with Crippen LogP contribution in [-0.4, -0.2) is 32.9 Å². The van der Waals surface area contributed by atoms with E-state index in [9.17, 15) is 5.11 Å². The van der Waals surface area contributed by atoms with Crippen LogP contribution in [0.3, 0.4) is 0 Å². The smallest absolute Gasteiger partial charge is 0.250 e. The number of phenols is 1. The highest BCUT2D eigenvalue weighted by Gasteiger charge is 2.08. The highest BCUT2D eigenvalue weighted by atomic mass is 35.5. The number of nitrogens with one attached hydrogen (secondary N) is 3. The summed E-state index contributed by atoms with van der Waals surface area (Å²) in [6.07, 6.45) is 1.58. The lowest BCUT2D eigenvalue weighted by Crippen LogP contribution is -2.07. The van der Waals surface area contributed by atoms with Crippen molar-refractivity contribution in [2.45, 2.75) is 6.92 Å². The Hall–Kier alpha value is -4.37. The summed E-state index contributed by atoms with van der Waals surface area (Å²) in [7, 11) is 0. The molecule has 1 aromatic heterocycles. The Morgan fingerprint density at radius 3 is 1.94 bits per heavy atom. The third-order valence-electron chi connectivity index (χ3n) is 4.36. The maximum atomic E-state index is 9.85. The van der Waals surface area contributed by atoms with Crippen LogP contribution in [0.15, 0.2) is 84.0 Å². The van der Waals surface area contributed by atoms with Crippen molar-refractivity contribution < 1.29 is 9.84 Å². The number of para-hydroxylation sites is 2. The van der Waals surface area contributed by atoms with E-state index in [2.05, 4.69) is 36.1 Å². The maximum absolute atomic E-state index is 9.85. The Morgan fingerprint density at radius 2 is 1.38 bits per heavy atom. The van der Waals surface area contributed by atoms with E-state index in [0.717, 1.165) is 16.9 Å². The van der Waals surface area contributed by atoms with Crippen molar-refractivity contribution in [2.75, 3.05) is 22.7 Å². The zero-order valence-corrected chi connectivity index (χ0v) is 19.2. The fraction of sp³-hybridized carbons (Fsp3) is 0.0833. The Labute approximate surface area is 203 Å². The van der Waals surface area contributed by atoms with Crippen LogP contribution >= 0.6 is 12.4 Å². The van der Waals surface area contributed by atoms with Crippen molar-refractivity contribution in [3.05, 3.63) is 84.4 Å². The molecule has 34 heavy (non-hydrogen) atoms. The number of hydrogen-bond donors (Lipinski definition) is 4. The molecule has 0 fully saturated rings. The molecule has 3 aromatic carbocycles. The molecule has 0 unspecified atom stereocenters. The third-order valence-corrected chi connectivity index (χ3v) is 4.36. The Morgan fingerprint density at radius 1 is 0.824 bits per heavy atom. The quantitative estimate of drug-likeness (QED) is 0.189. The van der Waals surface area contributed by atoms with Crippen LogP contribution in [0.2, 0.25) is 0 Å². The molecule has 1 heterocycles. The number of hydrogen-bond acceptors (Lipinski definition) is 9. The summed E-state index contributed by atoms with van der Waals surface area (Å²) in [6, 6.07) is 24.2. The molecule has 0 bridgehead atoms. The second-order valence-corrected chi connectivity index (χ2v) is 6.82. The molecule has 0 aliphatic carbocycles. The van der Waals surface area contributed by atoms with Crippen molar-refractivity contribution >= 4 is 47.8 Å². The van der Waals surface area contributed by atoms with Crippen LogP contribution in [-0.2, 0) is 0 Å². The van der Waals surface area contributed by atoms with Crippen molar-refractivity contribution in [3.63, 3.8) is 0 Å². The van der Waals surface area contributed by atoms with Gasteiger partial charge in [0.15, 0.2) is 11.5 Å². The van der Waals surface area contributed by atoms with Gasteiger partial charge in [0.25, 0.3) is 0 Å². The van der Waals surface area contributed by atoms with Gasteiger partial charge in [-0.1, -0.05) is 36.4 Å². The number of benzene rings is 3. The second-order valence-electron chi connectivity index (χ2n) is 6.82. The van der Waals surface area contributed by atoms with E-state index in [1.807, 2.05) is 67.6 Å². The number of aromatic hydroxyl groups is 1. The molecule has 174 valence electrons. The van der Waals surface area contributed by atoms with E-state index in [1.165, 1.54) is 0 Å². The van der Waals surface area contributed by atoms with Crippen molar-refractivity contribution in [1.82, 2.24) is 15.0 Å². The summed E-state index contributed by atoms with van der Waals surface area (Å²) in [5.74, 6) is 1.44. The average Bonchev–Trinajstić information content (AvgIpc) is 2.82. The predicted octanol–water partition coefficient (Wildman–Crippen LogP) is 5.33. The van der Waals surface area contributed by atoms with Gasteiger partial charge in [0.1, 0.15) is 0 Å². The molecule has 10 heteroatoms. The van der Waals surface area contributed by atoms with Gasteiger partial charge < -0.3 is 20.5 Å². The number of aromatic nitrogens is 3. The van der Waals surface area contributed by atoms with Crippen LogP contribution < -0.4 is 20.8 Å². The molecule has 0 aliphatic heterocycles. The SMILES string of the molecule is CCOc1cc(/C=N/Nc2nc(Nc3ccccc3)nc(Nc3ccccc3)n2)ccc1O.Cl. The molecular formula is C24H24ClN7O2. The minimum Gasteiger partial charge on any atom is -0.504 e. The topological polar surface area (TPSA) is 117 Å². The first-order valence-corrected chi connectivity index (χ1v) is 10.3. The lowest BCUT2D eigenvalue weighted by atomic mass is 10.2. The van der Waals surface area contributed by atoms with Gasteiger partial charge in [0, 0.05) is 11.4 Å². The first-order chi connectivity index (χ1) is 16.2. The second kappa shape index (κ2) is 12.0. The molecular weight excluding hydrogens is 454 g/mol. The zero-order chi connectivity index (χ0) is 22.9. The summed E-state index contributed by atoms with van der Waals surface area (Å²) in [5.41, 5.74) is 5.26. The van der Waals surface area contributed by atoms with Gasteiger partial charge in [-0.25, -0.2) is 5.43 Å². The Kier molecular flexibility index (Phi) is 8.59. The van der Waals surface area contributed by atoms with Gasteiger partial charge in [0.05, 0.1) is 12.8 Å². The molecule has 0 spiro atoms. The van der Waals surface area contributed by atoms with Crippen LogP contribution in [0.4, 0.5) is 29.2 Å². The number of hydrazone groups is 1. The largest absolute Gasteiger partial charge is 0.504 e. The molecule has 9 nitrogen and oxygen atoms in total. The van der Waals surface area contributed by atoms with Gasteiger partial charge in [-0.05, 0) is 55.0 Å². The van der Waals surface area contributed by atoms with Gasteiger partial charge in [-0.3, -0.25) is 0 Å². The average molecular weight is 478 g/mol. The Balaban J connectivity index is 0.00000324. The summed E-state index contributed by atoms with van der Waals surface area (Å²) < 4.78 is 5.40. The van der Waals surface area contributed by atoms with Crippen LogP contribution in [0, 0.1) is 0 Å². The lowest BCUT2D eigenvalue weighted by Gasteiger charge is -2.10. The van der Waals surface area contributed by atoms with Crippen LogP contribution in [0.1, 0.15) is 12.5 Å². The minimum atomic E-state index is 0. The Bertz CT molecular complexity index is 1160. The first-order valence-electron chi connectivity index (χ1n) is 10.3. The summed E-state index contributed by atoms with van der Waals surface area (Å²) in [5, 5.41) is 20.4. The van der Waals surface area contributed by atoms with Gasteiger partial charge in [-0.2, -0.15) is 20.1 Å². The van der Waals surface area contributed by atoms with E-state index in [4.69, 9.17) is 4.74 Å². The van der Waals surface area contributed by atoms with Gasteiger partial charge in [0.2, 0.25) is 17.8 Å². The minimum absolute atomic E-state index is 0. The van der Waals surface area contributed by atoms with E-state index in [0.29, 0.717) is 24.3 Å². The molecule has 4 N–H and O–H groups in total. The maximum Gasteiger partial charge on any atom is 0.250 e. The normalized spacial score (nSPS) is 10.4. The standard InChI is InChI=1S/C24H23N7O2.ClH/c1-2-33-21-15-17(13-14-20(21)32)16-25-31-24-29-22(26-18-9-5-3-6-10-18)28-23(30-24)27-19-11-7-4-8-12-19;/h3-16,32H,2H2,1H3,(H3,26,27,28,29,30,31);1H/b25-16+;. The van der Waals surface area contributed by atoms with Gasteiger partial charge in [-0.15, -0.1) is 12.4 Å². The van der Waals surface area contributed by atoms with Crippen molar-refractivity contribution in [1.29, 1.82) is 0 Å². The molecule has 4 rings (SSSR count). The van der Waals surface area contributed by atoms with E-state index >= 15 is 0 Å². The predicted molar refractivity (Wildman–Crippen MR) is 137 cm³/mol. The summed E-state index contributed by atoms with van der Waals surface area (Å²) in [4.78, 5) is 13.3. The van der Waals surface area contributed by atoms with E-state index < -0.39 is 0 Å². The van der Waals surface area contributed by atoms with E-state index in [1.54, 1.807) is 24.4 Å². The summed E-state index contributed by atoms with van der Waals surface area (Å²) in [6.45, 7) is 2.30. The zero-order valence-electron chi connectivity index (χ0n) is 18.3. The number of rotatable bonds is 9. The van der Waals surface area contributed by atoms with Crippen LogP contribution in [0.5, 0.6) is 11.5 Å². The lowest BCUT2D eigenvalue weighted by molar-refractivity contribution is 0.318. The molecule has 0 saturated heterocycles. The number of halogens is 1. The van der Waals surface area contributed by atoms with Crippen molar-refractivity contribution in [2.24, 2.45) is 5.10 Å². The molecule has 0 saturated carbocycles. The molecule has 0 radical (unpaired) electrons. The number of anilines is 5. The summed E-state index contributed by atoms with van der Waals surface area (Å²) >= 11 is 0. The first kappa shape index (κ1) is 24.3. The van der Waals surface area contributed by atoms with Crippen LogP contribution in [0.25, 0.3) is 0 Å². The highest BCUT2D eigenvalue weighted by molar-refractivity contribution is 5.85. The van der Waals surface area contributed by atoms with E-state index in [-0.39, 0.29) is 24.1 Å². The highest BCUT2D eigenvalue weighted by Crippen LogP contribution is 2.26. The molecule has 0 atom stereocenters. The monoisotopic (exact) mass is 477 g/mol. The van der Waals surface area contributed by atoms with Gasteiger partial charge >= 0.3 is 0 Å². The fourth-order valence-electron chi connectivity index (χ4n) is 2.89. The fourth-order valence-corrected chi connectivity index (χ4v) is 2.89.